The summed E-state index contributed by atoms with van der Waals surface area (Å²) >= 11 is 0. The van der Waals surface area contributed by atoms with Gasteiger partial charge in [0.1, 0.15) is 6.54 Å². The lowest BCUT2D eigenvalue weighted by Gasteiger charge is -2.19. The summed E-state index contributed by atoms with van der Waals surface area (Å²) in [6, 6.07) is 0. The number of carbonyl (C=O) groups is 1. The highest BCUT2D eigenvalue weighted by molar-refractivity contribution is 5.73. The van der Waals surface area contributed by atoms with Gasteiger partial charge in [-0.25, -0.2) is 4.98 Å². The highest BCUT2D eigenvalue weighted by Gasteiger charge is 2.19. The van der Waals surface area contributed by atoms with E-state index < -0.39 is 11.4 Å². The molecule has 0 radical (unpaired) electrons. The Kier molecular flexibility index (Phi) is 2.38. The van der Waals surface area contributed by atoms with E-state index in [1.54, 1.807) is 17.1 Å². The van der Waals surface area contributed by atoms with Crippen LogP contribution in [0.5, 0.6) is 0 Å². The van der Waals surface area contributed by atoms with Crippen molar-refractivity contribution in [1.29, 1.82) is 0 Å². The number of imidazole rings is 1. The maximum Gasteiger partial charge on any atom is 0.237 e. The van der Waals surface area contributed by atoms with E-state index in [1.165, 1.54) is 0 Å². The second-order valence-corrected chi connectivity index (χ2v) is 3.59. The number of rotatable bonds is 3. The Morgan fingerprint density at radius 1 is 1.69 bits per heavy atom. The van der Waals surface area contributed by atoms with Crippen LogP contribution in [0.25, 0.3) is 0 Å². The van der Waals surface area contributed by atoms with Crippen molar-refractivity contribution in [3.05, 3.63) is 18.2 Å². The van der Waals surface area contributed by atoms with Gasteiger partial charge in [-0.3, -0.25) is 4.79 Å². The van der Waals surface area contributed by atoms with Gasteiger partial charge in [-0.2, -0.15) is 0 Å². The SMILES string of the molecule is CC(C)(N)c1cncn1CC(N)=O. The van der Waals surface area contributed by atoms with Crippen LogP contribution in [0.4, 0.5) is 0 Å². The number of aromatic nitrogens is 2. The number of carbonyl (C=O) groups excluding carboxylic acids is 1. The standard InChI is InChI=1S/C8H14N4O/c1-8(2,10)6-3-11-5-12(6)4-7(9)13/h3,5H,4,10H2,1-2H3,(H2,9,13). The molecule has 1 amide bonds. The van der Waals surface area contributed by atoms with Gasteiger partial charge < -0.3 is 16.0 Å². The van der Waals surface area contributed by atoms with Crippen molar-refractivity contribution >= 4 is 5.91 Å². The van der Waals surface area contributed by atoms with Crippen LogP contribution in [0, 0.1) is 0 Å². The summed E-state index contributed by atoms with van der Waals surface area (Å²) in [4.78, 5) is 14.6. The lowest BCUT2D eigenvalue weighted by Crippen LogP contribution is -2.33. The van der Waals surface area contributed by atoms with E-state index in [0.29, 0.717) is 0 Å². The summed E-state index contributed by atoms with van der Waals surface area (Å²) in [5.41, 5.74) is 11.2. The Morgan fingerprint density at radius 3 is 2.77 bits per heavy atom. The lowest BCUT2D eigenvalue weighted by molar-refractivity contribution is -0.118. The molecular formula is C8H14N4O. The number of primary amides is 1. The maximum atomic E-state index is 10.7. The van der Waals surface area contributed by atoms with Gasteiger partial charge in [0.15, 0.2) is 0 Å². The van der Waals surface area contributed by atoms with Crippen molar-refractivity contribution in [2.24, 2.45) is 11.5 Å². The van der Waals surface area contributed by atoms with Crippen LogP contribution in [0.1, 0.15) is 19.5 Å². The fourth-order valence-corrected chi connectivity index (χ4v) is 1.15. The van der Waals surface area contributed by atoms with Crippen molar-refractivity contribution in [3.63, 3.8) is 0 Å². The van der Waals surface area contributed by atoms with Crippen LogP contribution in [-0.4, -0.2) is 15.5 Å². The first-order valence-corrected chi connectivity index (χ1v) is 3.99. The van der Waals surface area contributed by atoms with Gasteiger partial charge in [-0.05, 0) is 13.8 Å². The first-order valence-electron chi connectivity index (χ1n) is 3.99. The topological polar surface area (TPSA) is 86.9 Å². The minimum Gasteiger partial charge on any atom is -0.368 e. The number of nitrogens with zero attached hydrogens (tertiary/aromatic N) is 2. The van der Waals surface area contributed by atoms with Gasteiger partial charge in [0.05, 0.1) is 17.6 Å². The first kappa shape index (κ1) is 9.73. The van der Waals surface area contributed by atoms with Crippen molar-refractivity contribution in [3.8, 4) is 0 Å². The molecule has 0 fully saturated rings. The second kappa shape index (κ2) is 3.18. The molecule has 1 aromatic rings. The highest BCUT2D eigenvalue weighted by Crippen LogP contribution is 2.15. The van der Waals surface area contributed by atoms with E-state index in [4.69, 9.17) is 11.5 Å². The summed E-state index contributed by atoms with van der Waals surface area (Å²) in [6.07, 6.45) is 3.19. The molecule has 0 aliphatic carbocycles. The molecule has 1 rings (SSSR count). The summed E-state index contributed by atoms with van der Waals surface area (Å²) in [7, 11) is 0. The van der Waals surface area contributed by atoms with Crippen LogP contribution < -0.4 is 11.5 Å². The predicted molar refractivity (Wildman–Crippen MR) is 48.6 cm³/mol. The van der Waals surface area contributed by atoms with E-state index in [-0.39, 0.29) is 6.54 Å². The zero-order valence-corrected chi connectivity index (χ0v) is 7.82. The Bertz CT molecular complexity index is 310. The average molecular weight is 182 g/mol. The molecule has 1 aromatic heterocycles. The van der Waals surface area contributed by atoms with E-state index in [1.807, 2.05) is 13.8 Å². The summed E-state index contributed by atoms with van der Waals surface area (Å²) in [5.74, 6) is -0.400. The molecule has 4 N–H and O–H groups in total. The molecular weight excluding hydrogens is 168 g/mol. The minimum absolute atomic E-state index is 0.121. The van der Waals surface area contributed by atoms with Gasteiger partial charge in [0, 0.05) is 6.20 Å². The van der Waals surface area contributed by atoms with Crippen molar-refractivity contribution in [2.45, 2.75) is 25.9 Å². The smallest absolute Gasteiger partial charge is 0.237 e. The van der Waals surface area contributed by atoms with Crippen molar-refractivity contribution < 1.29 is 4.79 Å². The maximum absolute atomic E-state index is 10.7. The molecule has 0 spiro atoms. The Labute approximate surface area is 76.7 Å². The Hall–Kier alpha value is -1.36. The Balaban J connectivity index is 2.96. The van der Waals surface area contributed by atoms with Crippen LogP contribution >= 0.6 is 0 Å². The first-order chi connectivity index (χ1) is 5.91. The minimum atomic E-state index is -0.508. The van der Waals surface area contributed by atoms with Crippen molar-refractivity contribution in [1.82, 2.24) is 9.55 Å². The molecule has 72 valence electrons. The van der Waals surface area contributed by atoms with E-state index in [2.05, 4.69) is 4.98 Å². The van der Waals surface area contributed by atoms with Crippen molar-refractivity contribution in [2.75, 3.05) is 0 Å². The van der Waals surface area contributed by atoms with E-state index >= 15 is 0 Å². The molecule has 0 bridgehead atoms. The fraction of sp³-hybridized carbons (Fsp3) is 0.500. The van der Waals surface area contributed by atoms with Crippen LogP contribution in [-0.2, 0) is 16.9 Å². The zero-order chi connectivity index (χ0) is 10.1. The predicted octanol–water partition coefficient (Wildman–Crippen LogP) is -0.438. The largest absolute Gasteiger partial charge is 0.368 e. The third-order valence-corrected chi connectivity index (χ3v) is 1.70. The summed E-state index contributed by atoms with van der Waals surface area (Å²) in [5, 5.41) is 0. The molecule has 0 aliphatic rings. The molecule has 13 heavy (non-hydrogen) atoms. The molecule has 0 aliphatic heterocycles. The molecule has 0 unspecified atom stereocenters. The normalized spacial score (nSPS) is 11.6. The molecule has 0 aromatic carbocycles. The van der Waals surface area contributed by atoms with Crippen LogP contribution in [0.15, 0.2) is 12.5 Å². The van der Waals surface area contributed by atoms with Crippen LogP contribution in [0.3, 0.4) is 0 Å². The van der Waals surface area contributed by atoms with Crippen LogP contribution in [0.2, 0.25) is 0 Å². The molecule has 1 heterocycles. The molecule has 5 nitrogen and oxygen atoms in total. The van der Waals surface area contributed by atoms with Gasteiger partial charge in [-0.15, -0.1) is 0 Å². The summed E-state index contributed by atoms with van der Waals surface area (Å²) in [6.45, 7) is 3.82. The van der Waals surface area contributed by atoms with E-state index in [0.717, 1.165) is 5.69 Å². The Morgan fingerprint density at radius 2 is 2.31 bits per heavy atom. The van der Waals surface area contributed by atoms with Gasteiger partial charge >= 0.3 is 0 Å². The monoisotopic (exact) mass is 182 g/mol. The zero-order valence-electron chi connectivity index (χ0n) is 7.82. The molecule has 0 saturated heterocycles. The highest BCUT2D eigenvalue weighted by atomic mass is 16.1. The van der Waals surface area contributed by atoms with Gasteiger partial charge in [0.2, 0.25) is 5.91 Å². The third kappa shape index (κ3) is 2.29. The lowest BCUT2D eigenvalue weighted by atomic mass is 10.0. The number of nitrogens with two attached hydrogens (primary N) is 2. The van der Waals surface area contributed by atoms with Gasteiger partial charge in [-0.1, -0.05) is 0 Å². The summed E-state index contributed by atoms with van der Waals surface area (Å²) < 4.78 is 1.66. The number of amides is 1. The number of hydrogen-bond acceptors (Lipinski definition) is 3. The average Bonchev–Trinajstić information content (AvgIpc) is 2.31. The second-order valence-electron chi connectivity index (χ2n) is 3.59. The number of hydrogen-bond donors (Lipinski definition) is 2. The molecule has 5 heteroatoms. The molecule has 0 saturated carbocycles. The van der Waals surface area contributed by atoms with Gasteiger partial charge in [0.25, 0.3) is 0 Å². The fourth-order valence-electron chi connectivity index (χ4n) is 1.15. The molecule has 0 atom stereocenters. The quantitative estimate of drug-likeness (QED) is 0.664. The third-order valence-electron chi connectivity index (χ3n) is 1.70. The van der Waals surface area contributed by atoms with E-state index in [9.17, 15) is 4.79 Å².